The standard InChI is InChI=1S/C13H28N2OS/c1-4-7-14-13-6-9-15(12(2)11-13)8-5-10-17(3)16/h12-14H,4-11H2,1-3H3. The first-order valence-corrected chi connectivity index (χ1v) is 8.63. The molecule has 3 nitrogen and oxygen atoms in total. The quantitative estimate of drug-likeness (QED) is 0.755. The van der Waals surface area contributed by atoms with E-state index in [9.17, 15) is 4.21 Å². The highest BCUT2D eigenvalue weighted by molar-refractivity contribution is 7.84. The fraction of sp³-hybridized carbons (Fsp3) is 1.00. The van der Waals surface area contributed by atoms with Crippen LogP contribution in [0, 0.1) is 0 Å². The van der Waals surface area contributed by atoms with Crippen LogP contribution in [0.25, 0.3) is 0 Å². The highest BCUT2D eigenvalue weighted by Crippen LogP contribution is 2.17. The maximum absolute atomic E-state index is 11.0. The van der Waals surface area contributed by atoms with Gasteiger partial charge in [-0.25, -0.2) is 0 Å². The van der Waals surface area contributed by atoms with E-state index >= 15 is 0 Å². The first kappa shape index (κ1) is 15.1. The van der Waals surface area contributed by atoms with E-state index in [1.54, 1.807) is 6.26 Å². The molecule has 1 rings (SSSR count). The summed E-state index contributed by atoms with van der Waals surface area (Å²) in [5.74, 6) is 0.848. The fourth-order valence-corrected chi connectivity index (χ4v) is 3.09. The van der Waals surface area contributed by atoms with Crippen LogP contribution in [0.15, 0.2) is 0 Å². The lowest BCUT2D eigenvalue weighted by Crippen LogP contribution is -2.47. The Hall–Kier alpha value is 0.0700. The number of hydrogen-bond donors (Lipinski definition) is 1. The van der Waals surface area contributed by atoms with E-state index in [4.69, 9.17) is 0 Å². The van der Waals surface area contributed by atoms with Gasteiger partial charge in [0.2, 0.25) is 0 Å². The van der Waals surface area contributed by atoms with Crippen molar-refractivity contribution >= 4 is 10.8 Å². The van der Waals surface area contributed by atoms with Gasteiger partial charge in [-0.05, 0) is 52.2 Å². The maximum Gasteiger partial charge on any atom is 0.0244 e. The zero-order chi connectivity index (χ0) is 12.7. The minimum absolute atomic E-state index is 0.631. The van der Waals surface area contributed by atoms with E-state index in [0.29, 0.717) is 12.1 Å². The molecule has 4 heteroatoms. The Bertz CT molecular complexity index is 235. The van der Waals surface area contributed by atoms with E-state index in [2.05, 4.69) is 24.1 Å². The Balaban J connectivity index is 2.20. The third kappa shape index (κ3) is 5.98. The van der Waals surface area contributed by atoms with Crippen LogP contribution in [0.1, 0.15) is 39.5 Å². The lowest BCUT2D eigenvalue weighted by molar-refractivity contribution is 0.137. The molecular formula is C13H28N2OS. The van der Waals surface area contributed by atoms with Crippen molar-refractivity contribution in [2.24, 2.45) is 0 Å². The summed E-state index contributed by atoms with van der Waals surface area (Å²) in [7, 11) is -0.631. The molecule has 0 aliphatic carbocycles. The molecule has 3 unspecified atom stereocenters. The minimum atomic E-state index is -0.631. The summed E-state index contributed by atoms with van der Waals surface area (Å²) in [5.41, 5.74) is 0. The Morgan fingerprint density at radius 2 is 2.24 bits per heavy atom. The van der Waals surface area contributed by atoms with Crippen molar-refractivity contribution in [3.63, 3.8) is 0 Å². The molecule has 0 spiro atoms. The first-order chi connectivity index (χ1) is 8.13. The fourth-order valence-electron chi connectivity index (χ4n) is 2.56. The van der Waals surface area contributed by atoms with E-state index in [1.165, 1.54) is 25.8 Å². The Morgan fingerprint density at radius 1 is 1.47 bits per heavy atom. The molecule has 0 saturated carbocycles. The van der Waals surface area contributed by atoms with Gasteiger partial charge in [0.15, 0.2) is 0 Å². The van der Waals surface area contributed by atoms with Gasteiger partial charge in [-0.15, -0.1) is 0 Å². The van der Waals surface area contributed by atoms with Crippen LogP contribution in [0.3, 0.4) is 0 Å². The van der Waals surface area contributed by atoms with Gasteiger partial charge in [-0.3, -0.25) is 4.21 Å². The number of hydrogen-bond acceptors (Lipinski definition) is 3. The normalized spacial score (nSPS) is 28.2. The molecule has 1 N–H and O–H groups in total. The van der Waals surface area contributed by atoms with E-state index in [0.717, 1.165) is 25.3 Å². The molecule has 1 aliphatic rings. The van der Waals surface area contributed by atoms with Gasteiger partial charge in [0.25, 0.3) is 0 Å². The van der Waals surface area contributed by atoms with Gasteiger partial charge in [-0.2, -0.15) is 0 Å². The molecule has 0 bridgehead atoms. The molecule has 1 aliphatic heterocycles. The molecule has 3 atom stereocenters. The van der Waals surface area contributed by atoms with Gasteiger partial charge in [0.05, 0.1) is 0 Å². The van der Waals surface area contributed by atoms with Crippen molar-refractivity contribution in [3.8, 4) is 0 Å². The highest BCUT2D eigenvalue weighted by Gasteiger charge is 2.24. The van der Waals surface area contributed by atoms with E-state index < -0.39 is 10.8 Å². The SMILES string of the molecule is CCCNC1CCN(CCCS(C)=O)C(C)C1. The molecule has 0 aromatic carbocycles. The van der Waals surface area contributed by atoms with Crippen molar-refractivity contribution in [3.05, 3.63) is 0 Å². The van der Waals surface area contributed by atoms with Crippen LogP contribution in [0.4, 0.5) is 0 Å². The molecule has 1 heterocycles. The number of piperidine rings is 1. The van der Waals surface area contributed by atoms with E-state index in [-0.39, 0.29) is 0 Å². The van der Waals surface area contributed by atoms with Gasteiger partial charge in [0, 0.05) is 34.9 Å². The molecular weight excluding hydrogens is 232 g/mol. The predicted molar refractivity (Wildman–Crippen MR) is 75.9 cm³/mol. The Morgan fingerprint density at radius 3 is 2.82 bits per heavy atom. The summed E-state index contributed by atoms with van der Waals surface area (Å²) in [6.07, 6.45) is 6.61. The van der Waals surface area contributed by atoms with Crippen molar-refractivity contribution < 1.29 is 4.21 Å². The second kappa shape index (κ2) is 8.22. The van der Waals surface area contributed by atoms with Crippen molar-refractivity contribution in [1.29, 1.82) is 0 Å². The maximum atomic E-state index is 11.0. The van der Waals surface area contributed by atoms with Gasteiger partial charge < -0.3 is 10.2 Å². The van der Waals surface area contributed by atoms with Gasteiger partial charge in [-0.1, -0.05) is 6.92 Å². The molecule has 17 heavy (non-hydrogen) atoms. The highest BCUT2D eigenvalue weighted by atomic mass is 32.2. The van der Waals surface area contributed by atoms with Crippen LogP contribution in [-0.4, -0.2) is 52.8 Å². The molecule has 1 fully saturated rings. The zero-order valence-electron chi connectivity index (χ0n) is 11.6. The monoisotopic (exact) mass is 260 g/mol. The summed E-state index contributed by atoms with van der Waals surface area (Å²) < 4.78 is 11.0. The molecule has 0 radical (unpaired) electrons. The summed E-state index contributed by atoms with van der Waals surface area (Å²) in [4.78, 5) is 2.55. The summed E-state index contributed by atoms with van der Waals surface area (Å²) >= 11 is 0. The second-order valence-corrected chi connectivity index (χ2v) is 6.75. The molecule has 102 valence electrons. The Labute approximate surface area is 109 Å². The number of rotatable bonds is 7. The molecule has 0 aromatic rings. The van der Waals surface area contributed by atoms with E-state index in [1.807, 2.05) is 0 Å². The van der Waals surface area contributed by atoms with Crippen LogP contribution < -0.4 is 5.32 Å². The van der Waals surface area contributed by atoms with Crippen molar-refractivity contribution in [2.45, 2.75) is 51.6 Å². The zero-order valence-corrected chi connectivity index (χ0v) is 12.4. The van der Waals surface area contributed by atoms with Crippen molar-refractivity contribution in [1.82, 2.24) is 10.2 Å². The molecule has 1 saturated heterocycles. The minimum Gasteiger partial charge on any atom is -0.314 e. The van der Waals surface area contributed by atoms with Gasteiger partial charge >= 0.3 is 0 Å². The van der Waals surface area contributed by atoms with Gasteiger partial charge in [0.1, 0.15) is 0 Å². The summed E-state index contributed by atoms with van der Waals surface area (Å²) in [6.45, 7) is 7.99. The smallest absolute Gasteiger partial charge is 0.0244 e. The van der Waals surface area contributed by atoms with Crippen LogP contribution in [0.5, 0.6) is 0 Å². The number of nitrogens with zero attached hydrogens (tertiary/aromatic N) is 1. The largest absolute Gasteiger partial charge is 0.314 e. The van der Waals surface area contributed by atoms with Crippen LogP contribution in [-0.2, 0) is 10.8 Å². The summed E-state index contributed by atoms with van der Waals surface area (Å²) in [5, 5.41) is 3.62. The van der Waals surface area contributed by atoms with Crippen molar-refractivity contribution in [2.75, 3.05) is 31.6 Å². The lowest BCUT2D eigenvalue weighted by atomic mass is 9.98. The average molecular weight is 260 g/mol. The second-order valence-electron chi connectivity index (χ2n) is 5.19. The average Bonchev–Trinajstić information content (AvgIpc) is 2.28. The van der Waals surface area contributed by atoms with Crippen LogP contribution in [0.2, 0.25) is 0 Å². The predicted octanol–water partition coefficient (Wildman–Crippen LogP) is 1.61. The topological polar surface area (TPSA) is 32.3 Å². The number of nitrogens with one attached hydrogen (secondary N) is 1. The molecule has 0 amide bonds. The first-order valence-electron chi connectivity index (χ1n) is 6.91. The Kier molecular flexibility index (Phi) is 7.32. The third-order valence-electron chi connectivity index (χ3n) is 3.57. The number of likely N-dealkylation sites (tertiary alicyclic amines) is 1. The lowest BCUT2D eigenvalue weighted by Gasteiger charge is -2.38. The third-order valence-corrected chi connectivity index (χ3v) is 4.44. The van der Waals surface area contributed by atoms with Crippen LogP contribution >= 0.6 is 0 Å². The molecule has 0 aromatic heterocycles. The summed E-state index contributed by atoms with van der Waals surface area (Å²) in [6, 6.07) is 1.38.